The van der Waals surface area contributed by atoms with E-state index in [0.717, 1.165) is 0 Å². The molecule has 0 radical (unpaired) electrons. The van der Waals surface area contributed by atoms with Crippen molar-refractivity contribution in [3.05, 3.63) is 54.1 Å². The summed E-state index contributed by atoms with van der Waals surface area (Å²) in [6.45, 7) is 0. The number of rotatable bonds is 3. The lowest BCUT2D eigenvalue weighted by molar-refractivity contribution is 0.102. The van der Waals surface area contributed by atoms with Crippen LogP contribution in [0, 0.1) is 0 Å². The second kappa shape index (κ2) is 5.32. The van der Waals surface area contributed by atoms with Crippen LogP contribution in [0.1, 0.15) is 10.4 Å². The number of primary sulfonamides is 1. The first-order valence-corrected chi connectivity index (χ1v) is 7.21. The van der Waals surface area contributed by atoms with Gasteiger partial charge < -0.3 is 11.1 Å². The molecule has 0 heterocycles. The van der Waals surface area contributed by atoms with Gasteiger partial charge in [0.15, 0.2) is 0 Å². The van der Waals surface area contributed by atoms with Crippen molar-refractivity contribution in [3.8, 4) is 0 Å². The molecule has 0 fully saturated rings. The number of sulfonamides is 1. The normalized spacial score (nSPS) is 11.1. The first-order valence-electron chi connectivity index (χ1n) is 5.66. The number of anilines is 2. The van der Waals surface area contributed by atoms with Gasteiger partial charge in [-0.05, 0) is 36.4 Å². The summed E-state index contributed by atoms with van der Waals surface area (Å²) in [6.07, 6.45) is 0. The van der Waals surface area contributed by atoms with Gasteiger partial charge in [0.2, 0.25) is 10.0 Å². The Morgan fingerprint density at radius 3 is 2.40 bits per heavy atom. The van der Waals surface area contributed by atoms with E-state index < -0.39 is 10.0 Å². The van der Waals surface area contributed by atoms with Crippen molar-refractivity contribution >= 4 is 27.3 Å². The zero-order valence-corrected chi connectivity index (χ0v) is 11.2. The van der Waals surface area contributed by atoms with Crippen LogP contribution < -0.4 is 16.2 Å². The van der Waals surface area contributed by atoms with Crippen LogP contribution in [0.25, 0.3) is 0 Å². The Kier molecular flexibility index (Phi) is 3.73. The summed E-state index contributed by atoms with van der Waals surface area (Å²) in [7, 11) is -3.80. The number of carbonyl (C=O) groups excluding carboxylic acids is 1. The molecule has 0 unspecified atom stereocenters. The Labute approximate surface area is 116 Å². The van der Waals surface area contributed by atoms with Gasteiger partial charge in [-0.2, -0.15) is 0 Å². The van der Waals surface area contributed by atoms with E-state index in [-0.39, 0.29) is 10.8 Å². The van der Waals surface area contributed by atoms with Crippen LogP contribution in [0.2, 0.25) is 0 Å². The highest BCUT2D eigenvalue weighted by Crippen LogP contribution is 2.15. The maximum Gasteiger partial charge on any atom is 0.255 e. The van der Waals surface area contributed by atoms with Crippen molar-refractivity contribution in [3.63, 3.8) is 0 Å². The Balaban J connectivity index is 2.25. The average molecular weight is 291 g/mol. The van der Waals surface area contributed by atoms with Gasteiger partial charge in [-0.1, -0.05) is 12.1 Å². The number of hydrogen-bond acceptors (Lipinski definition) is 4. The molecule has 2 aromatic carbocycles. The number of amides is 1. The molecule has 6 nitrogen and oxygen atoms in total. The summed E-state index contributed by atoms with van der Waals surface area (Å²) in [5, 5.41) is 7.61. The van der Waals surface area contributed by atoms with E-state index in [2.05, 4.69) is 5.32 Å². The first-order chi connectivity index (χ1) is 9.36. The highest BCUT2D eigenvalue weighted by atomic mass is 32.2. The summed E-state index contributed by atoms with van der Waals surface area (Å²) in [5.41, 5.74) is 6.78. The topological polar surface area (TPSA) is 115 Å². The number of benzene rings is 2. The second-order valence-electron chi connectivity index (χ2n) is 4.15. The predicted molar refractivity (Wildman–Crippen MR) is 76.6 cm³/mol. The molecule has 1 amide bonds. The second-order valence-corrected chi connectivity index (χ2v) is 5.71. The van der Waals surface area contributed by atoms with Crippen LogP contribution in [-0.2, 0) is 10.0 Å². The fraction of sp³-hybridized carbons (Fsp3) is 0. The number of nitrogen functional groups attached to an aromatic ring is 1. The van der Waals surface area contributed by atoms with Crippen molar-refractivity contribution in [2.75, 3.05) is 11.1 Å². The van der Waals surface area contributed by atoms with Crippen molar-refractivity contribution in [1.29, 1.82) is 0 Å². The highest BCUT2D eigenvalue weighted by molar-refractivity contribution is 7.89. The zero-order valence-electron chi connectivity index (χ0n) is 10.4. The minimum Gasteiger partial charge on any atom is -0.399 e. The molecule has 2 rings (SSSR count). The monoisotopic (exact) mass is 291 g/mol. The van der Waals surface area contributed by atoms with Gasteiger partial charge in [-0.3, -0.25) is 4.79 Å². The fourth-order valence-electron chi connectivity index (χ4n) is 1.63. The molecule has 5 N–H and O–H groups in total. The Morgan fingerprint density at radius 2 is 1.75 bits per heavy atom. The van der Waals surface area contributed by atoms with Crippen LogP contribution in [0.5, 0.6) is 0 Å². The van der Waals surface area contributed by atoms with Crippen molar-refractivity contribution in [2.45, 2.75) is 4.90 Å². The van der Waals surface area contributed by atoms with E-state index in [1.807, 2.05) is 0 Å². The minimum atomic E-state index is -3.80. The standard InChI is InChI=1S/C13H13N3O3S/c14-10-4-1-3-9(7-10)13(17)16-11-5-2-6-12(8-11)20(15,18)19/h1-8H,14H2,(H,16,17)(H2,15,18,19). The fourth-order valence-corrected chi connectivity index (χ4v) is 2.19. The summed E-state index contributed by atoms with van der Waals surface area (Å²) in [5.74, 6) is -0.385. The van der Waals surface area contributed by atoms with Crippen LogP contribution in [0.15, 0.2) is 53.4 Å². The quantitative estimate of drug-likeness (QED) is 0.736. The lowest BCUT2D eigenvalue weighted by Gasteiger charge is -2.07. The van der Waals surface area contributed by atoms with Crippen LogP contribution in [0.3, 0.4) is 0 Å². The van der Waals surface area contributed by atoms with E-state index in [4.69, 9.17) is 10.9 Å². The minimum absolute atomic E-state index is 0.0668. The van der Waals surface area contributed by atoms with E-state index in [1.54, 1.807) is 24.3 Å². The number of carbonyl (C=O) groups is 1. The molecule has 104 valence electrons. The van der Waals surface area contributed by atoms with Crippen LogP contribution >= 0.6 is 0 Å². The molecular weight excluding hydrogens is 278 g/mol. The van der Waals surface area contributed by atoms with E-state index >= 15 is 0 Å². The average Bonchev–Trinajstić information content (AvgIpc) is 2.38. The Bertz CT molecular complexity index is 757. The SMILES string of the molecule is Nc1cccc(C(=O)Nc2cccc(S(N)(=O)=O)c2)c1. The number of hydrogen-bond donors (Lipinski definition) is 3. The van der Waals surface area contributed by atoms with Gasteiger partial charge in [0.25, 0.3) is 5.91 Å². The van der Waals surface area contributed by atoms with Gasteiger partial charge in [-0.25, -0.2) is 13.6 Å². The largest absolute Gasteiger partial charge is 0.399 e. The third-order valence-corrected chi connectivity index (χ3v) is 3.48. The smallest absolute Gasteiger partial charge is 0.255 e. The summed E-state index contributed by atoms with van der Waals surface area (Å²) in [4.78, 5) is 11.9. The van der Waals surface area contributed by atoms with Crippen LogP contribution in [-0.4, -0.2) is 14.3 Å². The first kappa shape index (κ1) is 14.0. The van der Waals surface area contributed by atoms with E-state index in [9.17, 15) is 13.2 Å². The molecule has 2 aromatic rings. The van der Waals surface area contributed by atoms with Gasteiger partial charge >= 0.3 is 0 Å². The molecule has 0 spiro atoms. The van der Waals surface area contributed by atoms with E-state index in [0.29, 0.717) is 16.9 Å². The third kappa shape index (κ3) is 3.34. The molecule has 7 heteroatoms. The van der Waals surface area contributed by atoms with Gasteiger partial charge in [0.1, 0.15) is 0 Å². The van der Waals surface area contributed by atoms with Crippen molar-refractivity contribution in [1.82, 2.24) is 0 Å². The number of nitrogens with two attached hydrogens (primary N) is 2. The summed E-state index contributed by atoms with van der Waals surface area (Å²) in [6, 6.07) is 12.2. The maximum atomic E-state index is 12.0. The van der Waals surface area contributed by atoms with Crippen molar-refractivity contribution < 1.29 is 13.2 Å². The maximum absolute atomic E-state index is 12.0. The Hall–Kier alpha value is -2.38. The molecule has 0 aliphatic heterocycles. The number of nitrogens with one attached hydrogen (secondary N) is 1. The highest BCUT2D eigenvalue weighted by Gasteiger charge is 2.10. The Morgan fingerprint density at radius 1 is 1.05 bits per heavy atom. The molecule has 0 aromatic heterocycles. The van der Waals surface area contributed by atoms with Gasteiger partial charge in [0, 0.05) is 16.9 Å². The summed E-state index contributed by atoms with van der Waals surface area (Å²) < 4.78 is 22.5. The molecule has 20 heavy (non-hydrogen) atoms. The van der Waals surface area contributed by atoms with Gasteiger partial charge in [0.05, 0.1) is 4.90 Å². The molecule has 0 atom stereocenters. The molecule has 0 saturated carbocycles. The van der Waals surface area contributed by atoms with Gasteiger partial charge in [-0.15, -0.1) is 0 Å². The molecular formula is C13H13N3O3S. The predicted octanol–water partition coefficient (Wildman–Crippen LogP) is 1.17. The zero-order chi connectivity index (χ0) is 14.8. The lowest BCUT2D eigenvalue weighted by Crippen LogP contribution is -2.15. The molecule has 0 aliphatic rings. The summed E-state index contributed by atoms with van der Waals surface area (Å²) >= 11 is 0. The lowest BCUT2D eigenvalue weighted by atomic mass is 10.2. The molecule has 0 saturated heterocycles. The molecule has 0 bridgehead atoms. The third-order valence-electron chi connectivity index (χ3n) is 2.57. The van der Waals surface area contributed by atoms with E-state index in [1.165, 1.54) is 24.3 Å². The molecule has 0 aliphatic carbocycles. The van der Waals surface area contributed by atoms with Crippen molar-refractivity contribution in [2.24, 2.45) is 5.14 Å². The van der Waals surface area contributed by atoms with Crippen LogP contribution in [0.4, 0.5) is 11.4 Å².